The van der Waals surface area contributed by atoms with Gasteiger partial charge in [0, 0.05) is 22.5 Å². The number of likely N-dealkylation sites (tertiary alicyclic amines) is 1. The third kappa shape index (κ3) is 3.27. The number of aromatic nitrogens is 1. The summed E-state index contributed by atoms with van der Waals surface area (Å²) in [5.41, 5.74) is 1.43. The Morgan fingerprint density at radius 2 is 2.22 bits per heavy atom. The highest BCUT2D eigenvalue weighted by molar-refractivity contribution is 8.00. The van der Waals surface area contributed by atoms with Gasteiger partial charge in [-0.25, -0.2) is 4.98 Å². The van der Waals surface area contributed by atoms with Gasteiger partial charge in [-0.15, -0.1) is 11.8 Å². The Balaban J connectivity index is 2.27. The van der Waals surface area contributed by atoms with Crippen LogP contribution in [0.4, 0.5) is 0 Å². The zero-order chi connectivity index (χ0) is 13.2. The minimum Gasteiger partial charge on any atom is -0.297 e. The number of thioether (sulfide) groups is 1. The molecule has 1 atom stereocenters. The van der Waals surface area contributed by atoms with Crippen LogP contribution in [0.2, 0.25) is 0 Å². The van der Waals surface area contributed by atoms with Gasteiger partial charge in [-0.3, -0.25) is 4.90 Å². The molecule has 0 saturated carbocycles. The van der Waals surface area contributed by atoms with Gasteiger partial charge in [0.25, 0.3) is 0 Å². The smallest absolute Gasteiger partial charge is 0.101 e. The normalized spacial score (nSPS) is 21.4. The molecule has 1 aliphatic rings. The van der Waals surface area contributed by atoms with E-state index in [1.165, 1.54) is 30.0 Å². The van der Waals surface area contributed by atoms with Crippen LogP contribution < -0.4 is 0 Å². The fraction of sp³-hybridized carbons (Fsp3) is 0.667. The molecule has 100 valence electrons. The van der Waals surface area contributed by atoms with Crippen LogP contribution in [0.1, 0.15) is 52.1 Å². The second-order valence-corrected chi connectivity index (χ2v) is 7.71. The lowest BCUT2D eigenvalue weighted by Gasteiger charge is -2.26. The van der Waals surface area contributed by atoms with Crippen LogP contribution in [-0.2, 0) is 0 Å². The van der Waals surface area contributed by atoms with E-state index in [9.17, 15) is 0 Å². The van der Waals surface area contributed by atoms with E-state index >= 15 is 0 Å². The molecule has 1 aromatic rings. The zero-order valence-electron chi connectivity index (χ0n) is 11.9. The van der Waals surface area contributed by atoms with Gasteiger partial charge in [-0.2, -0.15) is 0 Å². The highest BCUT2D eigenvalue weighted by Gasteiger charge is 2.28. The van der Waals surface area contributed by atoms with Crippen LogP contribution in [0, 0.1) is 0 Å². The van der Waals surface area contributed by atoms with Crippen molar-refractivity contribution in [2.45, 2.75) is 56.4 Å². The monoisotopic (exact) mass is 264 g/mol. The minimum atomic E-state index is 0.221. The molecule has 1 aromatic heterocycles. The highest BCUT2D eigenvalue weighted by Crippen LogP contribution is 2.39. The second-order valence-electron chi connectivity index (χ2n) is 5.90. The van der Waals surface area contributed by atoms with Crippen LogP contribution in [0.3, 0.4) is 0 Å². The Bertz CT molecular complexity index is 398. The predicted molar refractivity (Wildman–Crippen MR) is 79.1 cm³/mol. The molecule has 3 heteroatoms. The predicted octanol–water partition coefficient (Wildman–Crippen LogP) is 4.13. The molecular weight excluding hydrogens is 240 g/mol. The van der Waals surface area contributed by atoms with Gasteiger partial charge < -0.3 is 0 Å². The SMILES string of the molecule is CCN1CCC[C@@H]1c1cccnc1SC(C)(C)C. The fourth-order valence-corrected chi connectivity index (χ4v) is 3.60. The van der Waals surface area contributed by atoms with Crippen molar-refractivity contribution in [1.82, 2.24) is 9.88 Å². The molecule has 1 fully saturated rings. The Kier molecular flexibility index (Phi) is 4.33. The molecule has 1 saturated heterocycles. The lowest BCUT2D eigenvalue weighted by atomic mass is 10.1. The van der Waals surface area contributed by atoms with E-state index in [1.54, 1.807) is 0 Å². The molecule has 1 aliphatic heterocycles. The van der Waals surface area contributed by atoms with Crippen molar-refractivity contribution in [3.05, 3.63) is 23.9 Å². The molecular formula is C15H24N2S. The Morgan fingerprint density at radius 3 is 2.89 bits per heavy atom. The van der Waals surface area contributed by atoms with Crippen LogP contribution in [0.25, 0.3) is 0 Å². The quantitative estimate of drug-likeness (QED) is 0.764. The molecule has 2 nitrogen and oxygen atoms in total. The Labute approximate surface area is 115 Å². The van der Waals surface area contributed by atoms with E-state index in [0.29, 0.717) is 6.04 Å². The van der Waals surface area contributed by atoms with Crippen LogP contribution in [-0.4, -0.2) is 27.7 Å². The number of pyridine rings is 1. The molecule has 2 rings (SSSR count). The van der Waals surface area contributed by atoms with Gasteiger partial charge in [0.2, 0.25) is 0 Å². The van der Waals surface area contributed by atoms with E-state index in [1.807, 2.05) is 18.0 Å². The molecule has 0 N–H and O–H groups in total. The summed E-state index contributed by atoms with van der Waals surface area (Å²) >= 11 is 1.89. The van der Waals surface area contributed by atoms with Gasteiger partial charge in [-0.05, 0) is 32.0 Å². The summed E-state index contributed by atoms with van der Waals surface area (Å²) in [6.45, 7) is 11.4. The standard InChI is InChI=1S/C15H24N2S/c1-5-17-11-7-9-13(17)12-8-6-10-16-14(12)18-15(2,3)4/h6,8,10,13H,5,7,9,11H2,1-4H3/t13-/m1/s1. The summed E-state index contributed by atoms with van der Waals surface area (Å²) < 4.78 is 0.221. The van der Waals surface area contributed by atoms with Crippen molar-refractivity contribution < 1.29 is 0 Å². The zero-order valence-corrected chi connectivity index (χ0v) is 12.8. The van der Waals surface area contributed by atoms with Crippen molar-refractivity contribution in [1.29, 1.82) is 0 Å². The maximum atomic E-state index is 4.61. The lowest BCUT2D eigenvalue weighted by Crippen LogP contribution is -2.23. The molecule has 0 aliphatic carbocycles. The number of nitrogens with zero attached hydrogens (tertiary/aromatic N) is 2. The molecule has 0 amide bonds. The first-order valence-corrected chi connectivity index (χ1v) is 7.71. The molecule has 2 heterocycles. The van der Waals surface area contributed by atoms with Gasteiger partial charge in [0.15, 0.2) is 0 Å². The van der Waals surface area contributed by atoms with Gasteiger partial charge >= 0.3 is 0 Å². The van der Waals surface area contributed by atoms with Gasteiger partial charge in [-0.1, -0.05) is 33.8 Å². The molecule has 0 bridgehead atoms. The van der Waals surface area contributed by atoms with Crippen molar-refractivity contribution in [2.75, 3.05) is 13.1 Å². The summed E-state index contributed by atoms with van der Waals surface area (Å²) in [5.74, 6) is 0. The van der Waals surface area contributed by atoms with Crippen LogP contribution in [0.5, 0.6) is 0 Å². The number of rotatable bonds is 3. The van der Waals surface area contributed by atoms with Gasteiger partial charge in [0.1, 0.15) is 5.03 Å². The van der Waals surface area contributed by atoms with Crippen LogP contribution in [0.15, 0.2) is 23.4 Å². The summed E-state index contributed by atoms with van der Waals surface area (Å²) in [5, 5.41) is 1.22. The highest BCUT2D eigenvalue weighted by atomic mass is 32.2. The van der Waals surface area contributed by atoms with E-state index in [0.717, 1.165) is 6.54 Å². The number of hydrogen-bond acceptors (Lipinski definition) is 3. The average molecular weight is 264 g/mol. The van der Waals surface area contributed by atoms with E-state index in [4.69, 9.17) is 0 Å². The van der Waals surface area contributed by atoms with Crippen molar-refractivity contribution >= 4 is 11.8 Å². The first kappa shape index (κ1) is 13.9. The second kappa shape index (κ2) is 5.62. The maximum Gasteiger partial charge on any atom is 0.101 e. The Morgan fingerprint density at radius 1 is 1.44 bits per heavy atom. The summed E-state index contributed by atoms with van der Waals surface area (Å²) in [6.07, 6.45) is 4.51. The summed E-state index contributed by atoms with van der Waals surface area (Å²) in [6, 6.07) is 4.92. The largest absolute Gasteiger partial charge is 0.297 e. The molecule has 0 unspecified atom stereocenters. The van der Waals surface area contributed by atoms with Gasteiger partial charge in [0.05, 0.1) is 0 Å². The fourth-order valence-electron chi connectivity index (χ4n) is 2.59. The summed E-state index contributed by atoms with van der Waals surface area (Å²) in [7, 11) is 0. The topological polar surface area (TPSA) is 16.1 Å². The third-order valence-corrected chi connectivity index (χ3v) is 4.48. The molecule has 18 heavy (non-hydrogen) atoms. The first-order chi connectivity index (χ1) is 8.51. The minimum absolute atomic E-state index is 0.221. The average Bonchev–Trinajstić information content (AvgIpc) is 2.75. The summed E-state index contributed by atoms with van der Waals surface area (Å²) in [4.78, 5) is 7.19. The van der Waals surface area contributed by atoms with Crippen LogP contribution >= 0.6 is 11.8 Å². The number of hydrogen-bond donors (Lipinski definition) is 0. The van der Waals surface area contributed by atoms with Crippen molar-refractivity contribution in [3.8, 4) is 0 Å². The van der Waals surface area contributed by atoms with Crippen molar-refractivity contribution in [2.24, 2.45) is 0 Å². The van der Waals surface area contributed by atoms with E-state index < -0.39 is 0 Å². The lowest BCUT2D eigenvalue weighted by molar-refractivity contribution is 0.268. The maximum absolute atomic E-state index is 4.61. The Hall–Kier alpha value is -0.540. The third-order valence-electron chi connectivity index (χ3n) is 3.33. The van der Waals surface area contributed by atoms with E-state index in [-0.39, 0.29) is 4.75 Å². The van der Waals surface area contributed by atoms with E-state index in [2.05, 4.69) is 49.7 Å². The van der Waals surface area contributed by atoms with Crippen molar-refractivity contribution in [3.63, 3.8) is 0 Å². The molecule has 0 radical (unpaired) electrons. The molecule has 0 spiro atoms. The first-order valence-electron chi connectivity index (χ1n) is 6.89. The molecule has 0 aromatic carbocycles.